The number of aryl methyl sites for hydroxylation is 1. The Labute approximate surface area is 223 Å². The molecule has 2 amide bonds. The van der Waals surface area contributed by atoms with Crippen LogP contribution in [0.2, 0.25) is 5.02 Å². The number of amides is 2. The summed E-state index contributed by atoms with van der Waals surface area (Å²) >= 11 is 6.33. The number of benzene rings is 2. The van der Waals surface area contributed by atoms with Crippen molar-refractivity contribution in [1.82, 2.24) is 9.97 Å². The summed E-state index contributed by atoms with van der Waals surface area (Å²) in [7, 11) is 0. The molecule has 0 aliphatic rings. The number of nitrogens with one attached hydrogen (secondary N) is 3. The molecule has 0 aliphatic carbocycles. The molecule has 0 bridgehead atoms. The quantitative estimate of drug-likeness (QED) is 0.248. The highest BCUT2D eigenvalue weighted by molar-refractivity contribution is 6.33. The lowest BCUT2D eigenvalue weighted by atomic mass is 10.1. The molecule has 3 aromatic rings. The molecular weight excluding hydrogens is 490 g/mol. The molecule has 196 valence electrons. The van der Waals surface area contributed by atoms with Gasteiger partial charge in [0.05, 0.1) is 17.6 Å². The topological polar surface area (TPSA) is 125 Å². The van der Waals surface area contributed by atoms with Gasteiger partial charge in [-0.15, -0.1) is 0 Å². The number of nitrogens with two attached hydrogens (primary N) is 1. The van der Waals surface area contributed by atoms with E-state index < -0.39 is 0 Å². The minimum atomic E-state index is -0.333. The molecular formula is C27H34ClN7O2. The molecule has 37 heavy (non-hydrogen) atoms. The Morgan fingerprint density at radius 3 is 2.43 bits per heavy atom. The molecule has 5 N–H and O–H groups in total. The molecule has 0 spiro atoms. The second-order valence-corrected chi connectivity index (χ2v) is 8.10. The summed E-state index contributed by atoms with van der Waals surface area (Å²) in [5, 5.41) is 9.38. The first-order valence-corrected chi connectivity index (χ1v) is 12.4. The summed E-state index contributed by atoms with van der Waals surface area (Å²) in [5.74, 6) is 0.316. The summed E-state index contributed by atoms with van der Waals surface area (Å²) in [6.45, 7) is 12.0. The molecule has 0 radical (unpaired) electrons. The molecule has 0 unspecified atom stereocenters. The molecule has 9 nitrogen and oxygen atoms in total. The molecule has 10 heteroatoms. The molecule has 0 saturated carbocycles. The fourth-order valence-electron chi connectivity index (χ4n) is 3.32. The van der Waals surface area contributed by atoms with Crippen molar-refractivity contribution in [2.24, 2.45) is 5.73 Å². The molecule has 1 heterocycles. The van der Waals surface area contributed by atoms with Gasteiger partial charge in [0.15, 0.2) is 5.82 Å². The van der Waals surface area contributed by atoms with Crippen LogP contribution in [-0.2, 0) is 9.59 Å². The van der Waals surface area contributed by atoms with E-state index in [1.54, 1.807) is 23.1 Å². The molecule has 0 atom stereocenters. The third kappa shape index (κ3) is 8.30. The number of para-hydroxylation sites is 2. The predicted molar refractivity (Wildman–Crippen MR) is 153 cm³/mol. The maximum Gasteiger partial charge on any atom is 0.247 e. The van der Waals surface area contributed by atoms with Gasteiger partial charge in [-0.2, -0.15) is 4.98 Å². The Hall–Kier alpha value is -3.95. The third-order valence-corrected chi connectivity index (χ3v) is 5.38. The minimum absolute atomic E-state index is 0.0418. The van der Waals surface area contributed by atoms with E-state index in [9.17, 15) is 9.59 Å². The minimum Gasteiger partial charge on any atom is -0.337 e. The highest BCUT2D eigenvalue weighted by Gasteiger charge is 2.14. The summed E-state index contributed by atoms with van der Waals surface area (Å²) in [6, 6.07) is 12.8. The smallest absolute Gasteiger partial charge is 0.247 e. The number of nitrogens with zero attached hydrogens (tertiary/aromatic N) is 3. The number of hydrogen-bond donors (Lipinski definition) is 4. The standard InChI is InChI=1S/C25H28ClN7O2.C2H6/c1-4-23(35)29-21-8-5-6-9-22(21)30-24-19(26)15-28-25(32-24)31-20-11-10-18(14-16(20)2)33(17(3)34)13-7-12-27;1-2/h4-6,8-11,14-15H,1,7,12-13,27H2,2-3H3,(H,29,35)(H2,28,30,31,32);1-2H3. The lowest BCUT2D eigenvalue weighted by Crippen LogP contribution is -2.30. The molecule has 0 saturated heterocycles. The van der Waals surface area contributed by atoms with E-state index in [4.69, 9.17) is 17.3 Å². The average molecular weight is 524 g/mol. The van der Waals surface area contributed by atoms with Gasteiger partial charge in [0.1, 0.15) is 5.02 Å². The van der Waals surface area contributed by atoms with Gasteiger partial charge >= 0.3 is 0 Å². The van der Waals surface area contributed by atoms with Crippen molar-refractivity contribution < 1.29 is 9.59 Å². The van der Waals surface area contributed by atoms with E-state index in [1.807, 2.05) is 45.0 Å². The van der Waals surface area contributed by atoms with Gasteiger partial charge in [-0.3, -0.25) is 9.59 Å². The number of carbonyl (C=O) groups excluding carboxylic acids is 2. The molecule has 1 aromatic heterocycles. The Morgan fingerprint density at radius 1 is 1.11 bits per heavy atom. The monoisotopic (exact) mass is 523 g/mol. The van der Waals surface area contributed by atoms with Crippen LogP contribution in [0, 0.1) is 6.92 Å². The largest absolute Gasteiger partial charge is 0.337 e. The maximum atomic E-state index is 12.1. The summed E-state index contributed by atoms with van der Waals surface area (Å²) in [4.78, 5) is 34.3. The van der Waals surface area contributed by atoms with Crippen molar-refractivity contribution in [2.75, 3.05) is 33.9 Å². The van der Waals surface area contributed by atoms with Gasteiger partial charge in [-0.1, -0.05) is 44.2 Å². The van der Waals surface area contributed by atoms with Gasteiger partial charge in [-0.25, -0.2) is 4.98 Å². The zero-order valence-electron chi connectivity index (χ0n) is 21.6. The Balaban J connectivity index is 0.00000235. The number of anilines is 6. The zero-order valence-corrected chi connectivity index (χ0v) is 22.4. The summed E-state index contributed by atoms with van der Waals surface area (Å²) in [5.41, 5.74) is 9.25. The van der Waals surface area contributed by atoms with Gasteiger partial charge in [0, 0.05) is 24.8 Å². The van der Waals surface area contributed by atoms with Crippen molar-refractivity contribution >= 4 is 57.9 Å². The number of aromatic nitrogens is 2. The third-order valence-electron chi connectivity index (χ3n) is 5.10. The Morgan fingerprint density at radius 2 is 1.81 bits per heavy atom. The van der Waals surface area contributed by atoms with E-state index in [0.717, 1.165) is 16.9 Å². The fraction of sp³-hybridized carbons (Fsp3) is 0.259. The number of carbonyl (C=O) groups is 2. The van der Waals surface area contributed by atoms with E-state index in [-0.39, 0.29) is 11.8 Å². The molecule has 0 aliphatic heterocycles. The van der Waals surface area contributed by atoms with Crippen LogP contribution >= 0.6 is 11.6 Å². The van der Waals surface area contributed by atoms with E-state index >= 15 is 0 Å². The predicted octanol–water partition coefficient (Wildman–Crippen LogP) is 5.78. The Kier molecular flexibility index (Phi) is 11.5. The van der Waals surface area contributed by atoms with Crippen molar-refractivity contribution in [2.45, 2.75) is 34.1 Å². The lowest BCUT2D eigenvalue weighted by Gasteiger charge is -2.22. The molecule has 3 rings (SSSR count). The van der Waals surface area contributed by atoms with E-state index in [1.165, 1.54) is 19.2 Å². The van der Waals surface area contributed by atoms with Crippen molar-refractivity contribution in [3.05, 3.63) is 71.9 Å². The lowest BCUT2D eigenvalue weighted by molar-refractivity contribution is -0.116. The SMILES string of the molecule is C=CC(=O)Nc1ccccc1Nc1nc(Nc2ccc(N(CCCN)C(C)=O)cc2C)ncc1Cl.CC. The van der Waals surface area contributed by atoms with Crippen LogP contribution in [-0.4, -0.2) is 34.9 Å². The first-order valence-electron chi connectivity index (χ1n) is 12.0. The van der Waals surface area contributed by atoms with Crippen LogP contribution in [0.1, 0.15) is 32.8 Å². The zero-order chi connectivity index (χ0) is 27.4. The first kappa shape index (κ1) is 29.3. The number of rotatable bonds is 10. The highest BCUT2D eigenvalue weighted by atomic mass is 35.5. The van der Waals surface area contributed by atoms with Crippen LogP contribution in [0.3, 0.4) is 0 Å². The van der Waals surface area contributed by atoms with Crippen molar-refractivity contribution in [1.29, 1.82) is 0 Å². The first-order chi connectivity index (χ1) is 17.8. The van der Waals surface area contributed by atoms with Crippen molar-refractivity contribution in [3.63, 3.8) is 0 Å². The second kappa shape index (κ2) is 14.6. The fourth-order valence-corrected chi connectivity index (χ4v) is 3.46. The summed E-state index contributed by atoms with van der Waals surface area (Å²) in [6.07, 6.45) is 3.39. The normalized spacial score (nSPS) is 10.0. The van der Waals surface area contributed by atoms with Crippen LogP contribution < -0.4 is 26.6 Å². The van der Waals surface area contributed by atoms with Crippen LogP contribution in [0.4, 0.5) is 34.5 Å². The van der Waals surface area contributed by atoms with Crippen molar-refractivity contribution in [3.8, 4) is 0 Å². The number of hydrogen-bond acceptors (Lipinski definition) is 7. The van der Waals surface area contributed by atoms with E-state index in [2.05, 4.69) is 32.5 Å². The van der Waals surface area contributed by atoms with E-state index in [0.29, 0.717) is 47.7 Å². The molecule has 2 aromatic carbocycles. The van der Waals surface area contributed by atoms with Crippen LogP contribution in [0.5, 0.6) is 0 Å². The molecule has 0 fully saturated rings. The van der Waals surface area contributed by atoms with Crippen LogP contribution in [0.15, 0.2) is 61.3 Å². The van der Waals surface area contributed by atoms with Gasteiger partial charge in [0.2, 0.25) is 17.8 Å². The Bertz CT molecular complexity index is 1230. The highest BCUT2D eigenvalue weighted by Crippen LogP contribution is 2.30. The summed E-state index contributed by atoms with van der Waals surface area (Å²) < 4.78 is 0. The van der Waals surface area contributed by atoms with Gasteiger partial charge in [-0.05, 0) is 61.9 Å². The maximum absolute atomic E-state index is 12.1. The second-order valence-electron chi connectivity index (χ2n) is 7.69. The van der Waals surface area contributed by atoms with Gasteiger partial charge < -0.3 is 26.6 Å². The average Bonchev–Trinajstić information content (AvgIpc) is 2.89. The van der Waals surface area contributed by atoms with Gasteiger partial charge in [0.25, 0.3) is 0 Å². The number of halogens is 1. The van der Waals surface area contributed by atoms with Crippen LogP contribution in [0.25, 0.3) is 0 Å².